The summed E-state index contributed by atoms with van der Waals surface area (Å²) in [5.41, 5.74) is 0. The van der Waals surface area contributed by atoms with Crippen LogP contribution in [0.2, 0.25) is 0 Å². The fourth-order valence-corrected chi connectivity index (χ4v) is 0.596. The Balaban J connectivity index is 0.000000810. The summed E-state index contributed by atoms with van der Waals surface area (Å²) < 4.78 is 1.36. The van der Waals surface area contributed by atoms with Crippen LogP contribution in [0.5, 0.6) is 0 Å². The van der Waals surface area contributed by atoms with Gasteiger partial charge in [-0.1, -0.05) is 0 Å². The Bertz CT molecular complexity index is 192. The van der Waals surface area contributed by atoms with Gasteiger partial charge in [0.15, 0.2) is 0 Å². The Morgan fingerprint density at radius 3 is 2.70 bits per heavy atom. The van der Waals surface area contributed by atoms with Crippen LogP contribution in [-0.4, -0.2) is 31.9 Å². The van der Waals surface area contributed by atoms with Crippen molar-refractivity contribution in [2.24, 2.45) is 0 Å². The summed E-state index contributed by atoms with van der Waals surface area (Å²) in [4.78, 5) is 0. The standard InChI is InChI=1S/C3H6N4OS.Na/c8-2-1-7-3(9)4-5-6-7;/h8H,1-2H2,(H,4,6,9);/q;+1/p-1. The molecule has 0 aromatic carbocycles. The van der Waals surface area contributed by atoms with Gasteiger partial charge in [-0.3, -0.25) is 0 Å². The van der Waals surface area contributed by atoms with Gasteiger partial charge in [0.05, 0.1) is 13.2 Å². The monoisotopic (exact) mass is 168 g/mol. The first-order valence-corrected chi connectivity index (χ1v) is 2.79. The SMILES string of the molecule is OCCn1nnnc1[S-].[Na+]. The van der Waals surface area contributed by atoms with Gasteiger partial charge in [-0.25, -0.2) is 4.68 Å². The van der Waals surface area contributed by atoms with E-state index < -0.39 is 0 Å². The first-order valence-electron chi connectivity index (χ1n) is 2.38. The van der Waals surface area contributed by atoms with E-state index in [1.807, 2.05) is 0 Å². The molecule has 0 atom stereocenters. The summed E-state index contributed by atoms with van der Waals surface area (Å²) in [7, 11) is 0. The summed E-state index contributed by atoms with van der Waals surface area (Å²) in [6.45, 7) is 0.376. The van der Waals surface area contributed by atoms with Gasteiger partial charge in [-0.2, -0.15) is 0 Å². The molecule has 0 bridgehead atoms. The van der Waals surface area contributed by atoms with Crippen molar-refractivity contribution < 1.29 is 34.7 Å². The van der Waals surface area contributed by atoms with Gasteiger partial charge in [0.1, 0.15) is 0 Å². The molecule has 1 aromatic heterocycles. The van der Waals surface area contributed by atoms with Gasteiger partial charge >= 0.3 is 29.6 Å². The molecule has 0 fully saturated rings. The van der Waals surface area contributed by atoms with E-state index in [0.717, 1.165) is 0 Å². The van der Waals surface area contributed by atoms with E-state index in [0.29, 0.717) is 11.7 Å². The second-order valence-corrected chi connectivity index (χ2v) is 1.77. The molecule has 0 saturated carbocycles. The quantitative estimate of drug-likeness (QED) is 0.356. The van der Waals surface area contributed by atoms with Crippen LogP contribution in [0.4, 0.5) is 0 Å². The van der Waals surface area contributed by atoms with Gasteiger partial charge in [-0.05, 0) is 10.4 Å². The van der Waals surface area contributed by atoms with Crippen LogP contribution >= 0.6 is 0 Å². The first kappa shape index (κ1) is 10.2. The number of hydrogen-bond acceptors (Lipinski definition) is 5. The molecule has 5 nitrogen and oxygen atoms in total. The Morgan fingerprint density at radius 2 is 2.30 bits per heavy atom. The maximum atomic E-state index is 8.40. The third-order valence-electron chi connectivity index (χ3n) is 0.811. The number of aliphatic hydroxyl groups is 1. The zero-order valence-corrected chi connectivity index (χ0v) is 8.38. The molecule has 0 amide bonds. The minimum absolute atomic E-state index is 0. The number of rotatable bonds is 2. The van der Waals surface area contributed by atoms with E-state index in [2.05, 4.69) is 28.2 Å². The van der Waals surface area contributed by atoms with Crippen LogP contribution in [0, 0.1) is 0 Å². The topological polar surface area (TPSA) is 63.8 Å². The molecular weight excluding hydrogens is 163 g/mol. The summed E-state index contributed by atoms with van der Waals surface area (Å²) in [6.07, 6.45) is 0. The van der Waals surface area contributed by atoms with Crippen molar-refractivity contribution in [3.05, 3.63) is 0 Å². The maximum Gasteiger partial charge on any atom is 1.00 e. The number of aromatic nitrogens is 4. The summed E-state index contributed by atoms with van der Waals surface area (Å²) >= 11 is 4.67. The second-order valence-electron chi connectivity index (χ2n) is 1.41. The predicted molar refractivity (Wildman–Crippen MR) is 30.5 cm³/mol. The molecule has 10 heavy (non-hydrogen) atoms. The summed E-state index contributed by atoms with van der Waals surface area (Å²) in [5.74, 6) is 0. The number of hydrogen-bond donors (Lipinski definition) is 1. The summed E-state index contributed by atoms with van der Waals surface area (Å²) in [6, 6.07) is 0. The normalized spacial score (nSPS) is 8.90. The Kier molecular flexibility index (Phi) is 5.10. The third kappa shape index (κ3) is 2.47. The van der Waals surface area contributed by atoms with Gasteiger partial charge in [0.2, 0.25) is 0 Å². The van der Waals surface area contributed by atoms with Crippen LogP contribution in [-0.2, 0) is 19.2 Å². The Labute approximate surface area is 85.5 Å². The van der Waals surface area contributed by atoms with Gasteiger partial charge in [0, 0.05) is 5.16 Å². The van der Waals surface area contributed by atoms with E-state index in [4.69, 9.17) is 5.11 Å². The maximum absolute atomic E-state index is 8.40. The van der Waals surface area contributed by atoms with Crippen molar-refractivity contribution in [2.75, 3.05) is 6.61 Å². The molecule has 1 aromatic rings. The molecule has 7 heteroatoms. The number of tetrazole rings is 1. The molecule has 1 heterocycles. The van der Waals surface area contributed by atoms with Crippen molar-refractivity contribution in [1.29, 1.82) is 0 Å². The molecule has 0 radical (unpaired) electrons. The second kappa shape index (κ2) is 4.97. The zero-order chi connectivity index (χ0) is 6.69. The van der Waals surface area contributed by atoms with Crippen LogP contribution < -0.4 is 29.6 Å². The molecular formula is C3H5N4NaOS. The van der Waals surface area contributed by atoms with Crippen LogP contribution in [0.15, 0.2) is 5.16 Å². The predicted octanol–water partition coefficient (Wildman–Crippen LogP) is -4.42. The molecule has 1 N–H and O–H groups in total. The molecule has 0 saturated heterocycles. The van der Waals surface area contributed by atoms with Gasteiger partial charge in [-0.15, -0.1) is 5.10 Å². The Morgan fingerprint density at radius 1 is 1.60 bits per heavy atom. The van der Waals surface area contributed by atoms with Crippen molar-refractivity contribution in [1.82, 2.24) is 20.2 Å². The van der Waals surface area contributed by atoms with Crippen molar-refractivity contribution >= 4 is 12.6 Å². The van der Waals surface area contributed by atoms with Gasteiger partial charge < -0.3 is 17.7 Å². The molecule has 0 aliphatic heterocycles. The molecule has 0 aliphatic rings. The average molecular weight is 168 g/mol. The van der Waals surface area contributed by atoms with Crippen LogP contribution in [0.1, 0.15) is 0 Å². The number of aliphatic hydroxyl groups excluding tert-OH is 1. The smallest absolute Gasteiger partial charge is 0.739 e. The fraction of sp³-hybridized carbons (Fsp3) is 0.667. The number of nitrogens with zero attached hydrogens (tertiary/aromatic N) is 4. The van der Waals surface area contributed by atoms with E-state index in [1.165, 1.54) is 4.68 Å². The van der Waals surface area contributed by atoms with E-state index >= 15 is 0 Å². The molecule has 50 valence electrons. The molecule has 0 spiro atoms. The van der Waals surface area contributed by atoms with Crippen LogP contribution in [0.3, 0.4) is 0 Å². The average Bonchev–Trinajstić information content (AvgIpc) is 2.18. The van der Waals surface area contributed by atoms with Crippen molar-refractivity contribution in [3.63, 3.8) is 0 Å². The first-order chi connectivity index (χ1) is 4.34. The largest absolute Gasteiger partial charge is 1.00 e. The molecule has 0 aliphatic carbocycles. The minimum atomic E-state index is 0. The third-order valence-corrected chi connectivity index (χ3v) is 1.10. The molecule has 0 unspecified atom stereocenters. The summed E-state index contributed by atoms with van der Waals surface area (Å²) in [5, 5.41) is 18.9. The fourth-order valence-electron chi connectivity index (χ4n) is 0.432. The van der Waals surface area contributed by atoms with Crippen LogP contribution in [0.25, 0.3) is 0 Å². The zero-order valence-electron chi connectivity index (χ0n) is 5.56. The Hall–Kier alpha value is 0.250. The molecule has 1 rings (SSSR count). The van der Waals surface area contributed by atoms with E-state index in [-0.39, 0.29) is 36.2 Å². The van der Waals surface area contributed by atoms with Crippen molar-refractivity contribution in [2.45, 2.75) is 11.7 Å². The van der Waals surface area contributed by atoms with E-state index in [9.17, 15) is 0 Å². The van der Waals surface area contributed by atoms with Crippen molar-refractivity contribution in [3.8, 4) is 0 Å². The van der Waals surface area contributed by atoms with Gasteiger partial charge in [0.25, 0.3) is 0 Å². The van der Waals surface area contributed by atoms with E-state index in [1.54, 1.807) is 0 Å². The minimum Gasteiger partial charge on any atom is -0.739 e.